The van der Waals surface area contributed by atoms with Crippen LogP contribution in [0.15, 0.2) is 30.3 Å². The van der Waals surface area contributed by atoms with E-state index in [0.29, 0.717) is 13.2 Å². The van der Waals surface area contributed by atoms with Crippen LogP contribution in [0.3, 0.4) is 0 Å². The van der Waals surface area contributed by atoms with E-state index in [1.54, 1.807) is 0 Å². The van der Waals surface area contributed by atoms with Gasteiger partial charge in [-0.05, 0) is 5.56 Å². The molecule has 2 fully saturated rings. The summed E-state index contributed by atoms with van der Waals surface area (Å²) in [7, 11) is 0. The highest BCUT2D eigenvalue weighted by molar-refractivity contribution is 5.77. The fourth-order valence-corrected chi connectivity index (χ4v) is 3.10. The van der Waals surface area contributed by atoms with Crippen LogP contribution >= 0.6 is 0 Å². The largest absolute Gasteiger partial charge is 0.464 e. The Balaban J connectivity index is 1.48. The molecule has 0 unspecified atom stereocenters. The number of carbonyl (C=O) groups excluding carboxylic acids is 1. The maximum atomic E-state index is 11.6. The van der Waals surface area contributed by atoms with Crippen molar-refractivity contribution in [2.45, 2.75) is 18.6 Å². The molecule has 2 saturated heterocycles. The van der Waals surface area contributed by atoms with Crippen molar-refractivity contribution in [1.29, 1.82) is 0 Å². The molecule has 5 nitrogen and oxygen atoms in total. The summed E-state index contributed by atoms with van der Waals surface area (Å²) in [5.74, 6) is -0.0761. The maximum Gasteiger partial charge on any atom is 0.323 e. The summed E-state index contributed by atoms with van der Waals surface area (Å²) in [6.45, 7) is 4.69. The summed E-state index contributed by atoms with van der Waals surface area (Å²) in [5, 5.41) is 10.3. The SMILES string of the molecule is O=C1OCC[C@H]1N1CCN(C[C@@H](O)c2ccccc2)CC1. The Kier molecular flexibility index (Phi) is 4.53. The molecular weight excluding hydrogens is 268 g/mol. The number of benzene rings is 1. The highest BCUT2D eigenvalue weighted by Gasteiger charge is 2.34. The van der Waals surface area contributed by atoms with E-state index >= 15 is 0 Å². The smallest absolute Gasteiger partial charge is 0.323 e. The molecule has 2 heterocycles. The van der Waals surface area contributed by atoms with Crippen molar-refractivity contribution in [3.63, 3.8) is 0 Å². The third-order valence-corrected chi connectivity index (χ3v) is 4.37. The molecule has 2 atom stereocenters. The van der Waals surface area contributed by atoms with Gasteiger partial charge >= 0.3 is 5.97 Å². The summed E-state index contributed by atoms with van der Waals surface area (Å²) >= 11 is 0. The first-order valence-electron chi connectivity index (χ1n) is 7.60. The van der Waals surface area contributed by atoms with Crippen molar-refractivity contribution in [2.75, 3.05) is 39.3 Å². The third-order valence-electron chi connectivity index (χ3n) is 4.37. The van der Waals surface area contributed by atoms with Crippen molar-refractivity contribution >= 4 is 5.97 Å². The quantitative estimate of drug-likeness (QED) is 0.825. The number of β-amino-alcohol motifs (C(OH)–C–C–N with tert-alkyl or cyclic N) is 1. The number of carbonyl (C=O) groups is 1. The van der Waals surface area contributed by atoms with Gasteiger partial charge in [-0.2, -0.15) is 0 Å². The monoisotopic (exact) mass is 290 g/mol. The number of ether oxygens (including phenoxy) is 1. The zero-order valence-electron chi connectivity index (χ0n) is 12.1. The van der Waals surface area contributed by atoms with Crippen LogP contribution in [-0.4, -0.2) is 66.2 Å². The Morgan fingerprint density at radius 3 is 2.52 bits per heavy atom. The van der Waals surface area contributed by atoms with Gasteiger partial charge in [0.1, 0.15) is 6.04 Å². The summed E-state index contributed by atoms with van der Waals surface area (Å²) in [5.41, 5.74) is 0.958. The van der Waals surface area contributed by atoms with Gasteiger partial charge < -0.3 is 9.84 Å². The van der Waals surface area contributed by atoms with Crippen molar-refractivity contribution in [1.82, 2.24) is 9.80 Å². The highest BCUT2D eigenvalue weighted by Crippen LogP contribution is 2.18. The van der Waals surface area contributed by atoms with Crippen LogP contribution in [0.5, 0.6) is 0 Å². The molecule has 0 spiro atoms. The summed E-state index contributed by atoms with van der Waals surface area (Å²) in [6.07, 6.45) is 0.361. The number of aliphatic hydroxyl groups is 1. The average molecular weight is 290 g/mol. The number of rotatable bonds is 4. The number of aliphatic hydroxyl groups excluding tert-OH is 1. The molecule has 1 aromatic rings. The zero-order chi connectivity index (χ0) is 14.7. The van der Waals surface area contributed by atoms with E-state index in [2.05, 4.69) is 9.80 Å². The van der Waals surface area contributed by atoms with Crippen LogP contribution in [0.4, 0.5) is 0 Å². The van der Waals surface area contributed by atoms with Gasteiger partial charge in [0.2, 0.25) is 0 Å². The number of cyclic esters (lactones) is 1. The molecule has 0 aliphatic carbocycles. The maximum absolute atomic E-state index is 11.6. The average Bonchev–Trinajstić information content (AvgIpc) is 2.95. The minimum Gasteiger partial charge on any atom is -0.464 e. The second-order valence-electron chi connectivity index (χ2n) is 5.74. The van der Waals surface area contributed by atoms with Gasteiger partial charge in [-0.15, -0.1) is 0 Å². The molecular formula is C16H22N2O3. The van der Waals surface area contributed by atoms with Crippen LogP contribution in [0, 0.1) is 0 Å². The van der Waals surface area contributed by atoms with Crippen LogP contribution in [-0.2, 0) is 9.53 Å². The van der Waals surface area contributed by atoms with E-state index in [-0.39, 0.29) is 12.0 Å². The van der Waals surface area contributed by atoms with E-state index in [1.807, 2.05) is 30.3 Å². The number of nitrogens with zero attached hydrogens (tertiary/aromatic N) is 2. The lowest BCUT2D eigenvalue weighted by Gasteiger charge is -2.37. The van der Waals surface area contributed by atoms with Crippen LogP contribution in [0.2, 0.25) is 0 Å². The number of hydrogen-bond acceptors (Lipinski definition) is 5. The standard InChI is InChI=1S/C16H22N2O3/c19-15(13-4-2-1-3-5-13)12-17-7-9-18(10-8-17)14-6-11-21-16(14)20/h1-5,14-15,19H,6-12H2/t14-,15-/m1/s1. The van der Waals surface area contributed by atoms with Crippen molar-refractivity contribution in [3.8, 4) is 0 Å². The Morgan fingerprint density at radius 2 is 1.90 bits per heavy atom. The molecule has 1 aromatic carbocycles. The van der Waals surface area contributed by atoms with Gasteiger partial charge in [-0.25, -0.2) is 0 Å². The van der Waals surface area contributed by atoms with Gasteiger partial charge in [-0.3, -0.25) is 14.6 Å². The Labute approximate surface area is 125 Å². The molecule has 1 N–H and O–H groups in total. The predicted molar refractivity (Wildman–Crippen MR) is 78.8 cm³/mol. The molecule has 21 heavy (non-hydrogen) atoms. The third kappa shape index (κ3) is 3.43. The van der Waals surface area contributed by atoms with E-state index < -0.39 is 6.10 Å². The molecule has 5 heteroatoms. The fraction of sp³-hybridized carbons (Fsp3) is 0.562. The Bertz CT molecular complexity index is 472. The lowest BCUT2D eigenvalue weighted by Crippen LogP contribution is -2.52. The first-order valence-corrected chi connectivity index (χ1v) is 7.60. The molecule has 0 amide bonds. The van der Waals surface area contributed by atoms with Gasteiger partial charge in [0.05, 0.1) is 12.7 Å². The van der Waals surface area contributed by atoms with Crippen molar-refractivity contribution < 1.29 is 14.6 Å². The topological polar surface area (TPSA) is 53.0 Å². The first kappa shape index (κ1) is 14.5. The Hall–Kier alpha value is -1.43. The Morgan fingerprint density at radius 1 is 1.19 bits per heavy atom. The lowest BCUT2D eigenvalue weighted by atomic mass is 10.1. The molecule has 0 bridgehead atoms. The number of hydrogen-bond donors (Lipinski definition) is 1. The fourth-order valence-electron chi connectivity index (χ4n) is 3.10. The molecule has 2 aliphatic rings. The molecule has 0 saturated carbocycles. The second kappa shape index (κ2) is 6.56. The van der Waals surface area contributed by atoms with E-state index in [0.717, 1.165) is 38.2 Å². The van der Waals surface area contributed by atoms with Crippen LogP contribution in [0.1, 0.15) is 18.1 Å². The van der Waals surface area contributed by atoms with Crippen LogP contribution < -0.4 is 0 Å². The van der Waals surface area contributed by atoms with E-state index in [4.69, 9.17) is 4.74 Å². The summed E-state index contributed by atoms with van der Waals surface area (Å²) < 4.78 is 5.03. The molecule has 0 radical (unpaired) electrons. The van der Waals surface area contributed by atoms with Crippen molar-refractivity contribution in [2.24, 2.45) is 0 Å². The minimum absolute atomic E-state index is 0.0498. The normalized spacial score (nSPS) is 25.8. The molecule has 114 valence electrons. The first-order chi connectivity index (χ1) is 10.2. The molecule has 0 aromatic heterocycles. The van der Waals surface area contributed by atoms with Crippen molar-refractivity contribution in [3.05, 3.63) is 35.9 Å². The summed E-state index contributed by atoms with van der Waals surface area (Å²) in [6, 6.07) is 9.71. The second-order valence-corrected chi connectivity index (χ2v) is 5.74. The van der Waals surface area contributed by atoms with E-state index in [1.165, 1.54) is 0 Å². The van der Waals surface area contributed by atoms with Gasteiger partial charge in [0.25, 0.3) is 0 Å². The number of esters is 1. The predicted octanol–water partition coefficient (Wildman–Crippen LogP) is 0.653. The lowest BCUT2D eigenvalue weighted by molar-refractivity contribution is -0.142. The zero-order valence-corrected chi connectivity index (χ0v) is 12.1. The molecule has 2 aliphatic heterocycles. The minimum atomic E-state index is -0.450. The number of piperazine rings is 1. The van der Waals surface area contributed by atoms with E-state index in [9.17, 15) is 9.90 Å². The highest BCUT2D eigenvalue weighted by atomic mass is 16.5. The summed E-state index contributed by atoms with van der Waals surface area (Å²) in [4.78, 5) is 16.1. The molecule has 3 rings (SSSR count). The van der Waals surface area contributed by atoms with Gasteiger partial charge in [-0.1, -0.05) is 30.3 Å². The van der Waals surface area contributed by atoms with Crippen LogP contribution in [0.25, 0.3) is 0 Å². The van der Waals surface area contributed by atoms with Gasteiger partial charge in [0.15, 0.2) is 0 Å². The van der Waals surface area contributed by atoms with Gasteiger partial charge in [0, 0.05) is 39.1 Å².